The fraction of sp³-hybridized carbons (Fsp3) is 0.154. The number of nitrogens with two attached hydrogens (primary N) is 1. The van der Waals surface area contributed by atoms with E-state index in [2.05, 4.69) is 9.97 Å². The van der Waals surface area contributed by atoms with Crippen molar-refractivity contribution >= 4 is 35.0 Å². The number of H-pyrrole nitrogens is 1. The van der Waals surface area contributed by atoms with Crippen LogP contribution in [0.25, 0.3) is 0 Å². The summed E-state index contributed by atoms with van der Waals surface area (Å²) < 4.78 is 0. The topological polar surface area (TPSA) is 109 Å². The number of nitrogen functional groups attached to an aromatic ring is 1. The van der Waals surface area contributed by atoms with E-state index < -0.39 is 17.9 Å². The highest BCUT2D eigenvalue weighted by atomic mass is 35.5. The molecule has 21 heavy (non-hydrogen) atoms. The minimum absolute atomic E-state index is 0.0616. The van der Waals surface area contributed by atoms with Crippen molar-refractivity contribution in [2.24, 2.45) is 0 Å². The highest BCUT2D eigenvalue weighted by Crippen LogP contribution is 2.22. The van der Waals surface area contributed by atoms with E-state index in [0.29, 0.717) is 15.9 Å². The third-order valence-electron chi connectivity index (χ3n) is 2.80. The van der Waals surface area contributed by atoms with Crippen LogP contribution >= 0.6 is 23.2 Å². The number of aliphatic carboxylic acids is 1. The van der Waals surface area contributed by atoms with Gasteiger partial charge in [0.2, 0.25) is 0 Å². The van der Waals surface area contributed by atoms with Gasteiger partial charge in [0.1, 0.15) is 11.6 Å². The van der Waals surface area contributed by atoms with Gasteiger partial charge in [-0.1, -0.05) is 29.3 Å². The average Bonchev–Trinajstić information content (AvgIpc) is 2.37. The van der Waals surface area contributed by atoms with Crippen molar-refractivity contribution in [3.63, 3.8) is 0 Å². The first-order chi connectivity index (χ1) is 9.86. The summed E-state index contributed by atoms with van der Waals surface area (Å²) in [6.45, 7) is 0. The summed E-state index contributed by atoms with van der Waals surface area (Å²) in [6.07, 6.45) is -0.223. The number of carboxylic acids is 1. The molecule has 0 radical (unpaired) electrons. The van der Waals surface area contributed by atoms with Gasteiger partial charge in [-0.2, -0.15) is 0 Å². The lowest BCUT2D eigenvalue weighted by atomic mass is 10.1. The van der Waals surface area contributed by atoms with Crippen LogP contribution in [0.3, 0.4) is 0 Å². The Morgan fingerprint density at radius 1 is 1.38 bits per heavy atom. The Kier molecular flexibility index (Phi) is 4.50. The van der Waals surface area contributed by atoms with Crippen LogP contribution in [-0.2, 0) is 17.6 Å². The molecule has 0 aliphatic carbocycles. The molecule has 0 aliphatic rings. The van der Waals surface area contributed by atoms with E-state index in [1.54, 1.807) is 18.2 Å². The summed E-state index contributed by atoms with van der Waals surface area (Å²) in [5, 5.41) is 9.66. The number of anilines is 1. The fourth-order valence-electron chi connectivity index (χ4n) is 1.81. The van der Waals surface area contributed by atoms with E-state index in [1.807, 2.05) is 0 Å². The number of aromatic amines is 1. The van der Waals surface area contributed by atoms with Gasteiger partial charge in [-0.25, -0.2) is 4.98 Å². The standard InChI is InChI=1S/C13H11Cl2N3O3/c14-7-2-1-6(9(15)4-7)3-10-17-12(16)8(5-11(19)20)13(21)18-10/h1-2,4H,3,5H2,(H,19,20)(H3,16,17,18,21). The molecule has 0 atom stereocenters. The molecule has 0 fully saturated rings. The molecule has 0 aliphatic heterocycles. The SMILES string of the molecule is Nc1nc(Cc2ccc(Cl)cc2Cl)[nH]c(=O)c1CC(=O)O. The van der Waals surface area contributed by atoms with Crippen molar-refractivity contribution in [1.29, 1.82) is 0 Å². The van der Waals surface area contributed by atoms with Crippen LogP contribution in [-0.4, -0.2) is 21.0 Å². The van der Waals surface area contributed by atoms with Crippen molar-refractivity contribution in [1.82, 2.24) is 9.97 Å². The summed E-state index contributed by atoms with van der Waals surface area (Å²) >= 11 is 11.9. The van der Waals surface area contributed by atoms with Gasteiger partial charge in [-0.3, -0.25) is 9.59 Å². The zero-order chi connectivity index (χ0) is 15.6. The zero-order valence-electron chi connectivity index (χ0n) is 10.7. The number of hydrogen-bond acceptors (Lipinski definition) is 4. The number of nitrogens with one attached hydrogen (secondary N) is 1. The average molecular weight is 328 g/mol. The van der Waals surface area contributed by atoms with E-state index in [0.717, 1.165) is 5.56 Å². The molecule has 4 N–H and O–H groups in total. The number of nitrogens with zero attached hydrogens (tertiary/aromatic N) is 1. The second kappa shape index (κ2) is 6.15. The lowest BCUT2D eigenvalue weighted by molar-refractivity contribution is -0.136. The minimum atomic E-state index is -1.15. The maximum atomic E-state index is 11.8. The van der Waals surface area contributed by atoms with Gasteiger partial charge in [-0.15, -0.1) is 0 Å². The Labute approximate surface area is 129 Å². The number of carbonyl (C=O) groups is 1. The van der Waals surface area contributed by atoms with Crippen LogP contribution in [0.4, 0.5) is 5.82 Å². The molecule has 0 unspecified atom stereocenters. The number of halogens is 2. The van der Waals surface area contributed by atoms with Gasteiger partial charge >= 0.3 is 5.97 Å². The Bertz CT molecular complexity index is 759. The first-order valence-electron chi connectivity index (χ1n) is 5.90. The maximum absolute atomic E-state index is 11.8. The quantitative estimate of drug-likeness (QED) is 0.794. The zero-order valence-corrected chi connectivity index (χ0v) is 12.2. The summed E-state index contributed by atoms with van der Waals surface area (Å²) in [4.78, 5) is 29.0. The van der Waals surface area contributed by atoms with Crippen LogP contribution in [0.1, 0.15) is 17.0 Å². The molecule has 1 aromatic heterocycles. The second-order valence-corrected chi connectivity index (χ2v) is 5.20. The van der Waals surface area contributed by atoms with E-state index in [-0.39, 0.29) is 17.8 Å². The van der Waals surface area contributed by atoms with Gasteiger partial charge in [0, 0.05) is 16.5 Å². The van der Waals surface area contributed by atoms with Crippen LogP contribution in [0, 0.1) is 0 Å². The number of carboxylic acid groups (broad SMARTS) is 1. The smallest absolute Gasteiger partial charge is 0.308 e. The molecule has 0 saturated carbocycles. The van der Waals surface area contributed by atoms with E-state index >= 15 is 0 Å². The molecule has 0 bridgehead atoms. The largest absolute Gasteiger partial charge is 0.481 e. The van der Waals surface area contributed by atoms with Crippen LogP contribution in [0.15, 0.2) is 23.0 Å². The predicted molar refractivity (Wildman–Crippen MR) is 79.9 cm³/mol. The van der Waals surface area contributed by atoms with Gasteiger partial charge < -0.3 is 15.8 Å². The van der Waals surface area contributed by atoms with Crippen LogP contribution in [0.2, 0.25) is 10.0 Å². The molecule has 0 amide bonds. The van der Waals surface area contributed by atoms with Gasteiger partial charge in [-0.05, 0) is 17.7 Å². The third kappa shape index (κ3) is 3.74. The lowest BCUT2D eigenvalue weighted by Gasteiger charge is -2.07. The summed E-state index contributed by atoms with van der Waals surface area (Å²) in [6, 6.07) is 4.97. The Balaban J connectivity index is 2.34. The summed E-state index contributed by atoms with van der Waals surface area (Å²) in [7, 11) is 0. The van der Waals surface area contributed by atoms with Crippen molar-refractivity contribution in [2.45, 2.75) is 12.8 Å². The van der Waals surface area contributed by atoms with E-state index in [1.165, 1.54) is 0 Å². The molecule has 0 spiro atoms. The lowest BCUT2D eigenvalue weighted by Crippen LogP contribution is -2.22. The highest BCUT2D eigenvalue weighted by molar-refractivity contribution is 6.35. The number of rotatable bonds is 4. The number of hydrogen-bond donors (Lipinski definition) is 3. The molecule has 6 nitrogen and oxygen atoms in total. The third-order valence-corrected chi connectivity index (χ3v) is 3.38. The second-order valence-electron chi connectivity index (χ2n) is 4.36. The normalized spacial score (nSPS) is 10.6. The van der Waals surface area contributed by atoms with Crippen LogP contribution in [0.5, 0.6) is 0 Å². The van der Waals surface area contributed by atoms with Gasteiger partial charge in [0.25, 0.3) is 5.56 Å². The minimum Gasteiger partial charge on any atom is -0.481 e. The molecule has 0 saturated heterocycles. The van der Waals surface area contributed by atoms with Crippen LogP contribution < -0.4 is 11.3 Å². The maximum Gasteiger partial charge on any atom is 0.308 e. The fourth-order valence-corrected chi connectivity index (χ4v) is 2.29. The molecule has 110 valence electrons. The van der Waals surface area contributed by atoms with Crippen molar-refractivity contribution in [2.75, 3.05) is 5.73 Å². The highest BCUT2D eigenvalue weighted by Gasteiger charge is 2.13. The Morgan fingerprint density at radius 3 is 2.67 bits per heavy atom. The number of benzene rings is 1. The number of aromatic nitrogens is 2. The molecule has 2 aromatic rings. The summed E-state index contributed by atoms with van der Waals surface area (Å²) in [5.41, 5.74) is 5.73. The summed E-state index contributed by atoms with van der Waals surface area (Å²) in [5.74, 6) is -0.945. The monoisotopic (exact) mass is 327 g/mol. The first-order valence-corrected chi connectivity index (χ1v) is 6.65. The Hall–Kier alpha value is -2.05. The predicted octanol–water partition coefficient (Wildman–Crippen LogP) is 1.88. The van der Waals surface area contributed by atoms with E-state index in [9.17, 15) is 9.59 Å². The Morgan fingerprint density at radius 2 is 2.10 bits per heavy atom. The molecule has 1 heterocycles. The van der Waals surface area contributed by atoms with Crippen molar-refractivity contribution in [3.8, 4) is 0 Å². The van der Waals surface area contributed by atoms with E-state index in [4.69, 9.17) is 34.0 Å². The molecule has 2 rings (SSSR count). The molecule has 8 heteroatoms. The first kappa shape index (κ1) is 15.3. The van der Waals surface area contributed by atoms with Crippen molar-refractivity contribution < 1.29 is 9.90 Å². The van der Waals surface area contributed by atoms with Gasteiger partial charge in [0.15, 0.2) is 0 Å². The van der Waals surface area contributed by atoms with Crippen molar-refractivity contribution in [3.05, 3.63) is 55.5 Å². The molecular formula is C13H11Cl2N3O3. The van der Waals surface area contributed by atoms with Gasteiger partial charge in [0.05, 0.1) is 12.0 Å². The molecular weight excluding hydrogens is 317 g/mol. The molecule has 1 aromatic carbocycles.